The van der Waals surface area contributed by atoms with Gasteiger partial charge in [-0.2, -0.15) is 0 Å². The van der Waals surface area contributed by atoms with Gasteiger partial charge in [-0.05, 0) is 5.92 Å². The SMILES string of the molecule is [B]1CCCC1C1CCCCCCCCC1. The topological polar surface area (TPSA) is 0 Å². The Bertz CT molecular complexity index is 151. The zero-order chi connectivity index (χ0) is 10.3. The molecule has 0 bridgehead atoms. The van der Waals surface area contributed by atoms with Crippen molar-refractivity contribution >= 4 is 7.28 Å². The van der Waals surface area contributed by atoms with E-state index >= 15 is 0 Å². The molecule has 0 N–H and O–H groups in total. The predicted octanol–water partition coefficient (Wildman–Crippen LogP) is 4.83. The van der Waals surface area contributed by atoms with E-state index in [4.69, 9.17) is 0 Å². The van der Waals surface area contributed by atoms with Crippen molar-refractivity contribution < 1.29 is 0 Å². The van der Waals surface area contributed by atoms with Crippen molar-refractivity contribution in [2.45, 2.75) is 82.8 Å². The highest BCUT2D eigenvalue weighted by Crippen LogP contribution is 2.38. The maximum absolute atomic E-state index is 2.64. The fourth-order valence-electron chi connectivity index (χ4n) is 3.50. The van der Waals surface area contributed by atoms with E-state index in [2.05, 4.69) is 7.28 Å². The molecule has 0 nitrogen and oxygen atoms in total. The third-order valence-corrected chi connectivity index (χ3v) is 4.47. The van der Waals surface area contributed by atoms with Gasteiger partial charge in [0, 0.05) is 0 Å². The molecule has 1 heterocycles. The van der Waals surface area contributed by atoms with Gasteiger partial charge in [0.25, 0.3) is 0 Å². The molecule has 2 aliphatic rings. The second-order valence-electron chi connectivity index (χ2n) is 5.64. The highest BCUT2D eigenvalue weighted by atomic mass is 14.2. The summed E-state index contributed by atoms with van der Waals surface area (Å²) in [6, 6.07) is 0. The first-order valence-corrected chi connectivity index (χ1v) is 7.30. The zero-order valence-electron chi connectivity index (χ0n) is 10.2. The average Bonchev–Trinajstić information content (AvgIpc) is 2.79. The smallest absolute Gasteiger partial charge is 0.0800 e. The van der Waals surface area contributed by atoms with Gasteiger partial charge in [-0.15, -0.1) is 0 Å². The molecule has 0 aromatic carbocycles. The number of rotatable bonds is 1. The third-order valence-electron chi connectivity index (χ3n) is 4.47. The van der Waals surface area contributed by atoms with E-state index in [1.807, 2.05) is 0 Å². The first-order chi connectivity index (χ1) is 7.47. The summed E-state index contributed by atoms with van der Waals surface area (Å²) in [6.07, 6.45) is 18.0. The summed E-state index contributed by atoms with van der Waals surface area (Å²) in [5.74, 6) is 2.06. The van der Waals surface area contributed by atoms with Crippen LogP contribution in [0.25, 0.3) is 0 Å². The Morgan fingerprint density at radius 3 is 1.73 bits per heavy atom. The van der Waals surface area contributed by atoms with Crippen molar-refractivity contribution in [2.24, 2.45) is 5.92 Å². The van der Waals surface area contributed by atoms with Gasteiger partial charge >= 0.3 is 0 Å². The van der Waals surface area contributed by atoms with Crippen LogP contribution in [0.4, 0.5) is 0 Å². The molecule has 2 fully saturated rings. The molecule has 1 aliphatic heterocycles. The summed E-state index contributed by atoms with van der Waals surface area (Å²) in [6.45, 7) is 0. The van der Waals surface area contributed by atoms with Crippen LogP contribution in [0.2, 0.25) is 12.1 Å². The molecular formula is C14H26B. The second-order valence-corrected chi connectivity index (χ2v) is 5.64. The third kappa shape index (κ3) is 3.85. The minimum Gasteiger partial charge on any atom is -0.0800 e. The number of hydrogen-bond acceptors (Lipinski definition) is 0. The Labute approximate surface area is 96.5 Å². The van der Waals surface area contributed by atoms with Crippen molar-refractivity contribution in [1.29, 1.82) is 0 Å². The minimum absolute atomic E-state index is 1.00. The van der Waals surface area contributed by atoms with Crippen LogP contribution < -0.4 is 0 Å². The fourth-order valence-corrected chi connectivity index (χ4v) is 3.50. The second kappa shape index (κ2) is 6.61. The maximum atomic E-state index is 2.64. The van der Waals surface area contributed by atoms with Gasteiger partial charge in [0.15, 0.2) is 0 Å². The maximum Gasteiger partial charge on any atom is 0.113 e. The lowest BCUT2D eigenvalue weighted by molar-refractivity contribution is 0.366. The van der Waals surface area contributed by atoms with Crippen LogP contribution in [0.3, 0.4) is 0 Å². The summed E-state index contributed by atoms with van der Waals surface area (Å²) in [5.41, 5.74) is 0. The van der Waals surface area contributed by atoms with Gasteiger partial charge in [-0.1, -0.05) is 82.8 Å². The number of hydrogen-bond donors (Lipinski definition) is 0. The summed E-state index contributed by atoms with van der Waals surface area (Å²) in [5, 5.41) is 0. The lowest BCUT2D eigenvalue weighted by atomic mass is 9.60. The van der Waals surface area contributed by atoms with Gasteiger partial charge in [0.05, 0.1) is 0 Å². The summed E-state index contributed by atoms with van der Waals surface area (Å²) in [4.78, 5) is 0. The van der Waals surface area contributed by atoms with Crippen LogP contribution in [-0.4, -0.2) is 7.28 Å². The monoisotopic (exact) mass is 205 g/mol. The molecule has 1 saturated heterocycles. The largest absolute Gasteiger partial charge is 0.113 e. The Balaban J connectivity index is 1.78. The van der Waals surface area contributed by atoms with Gasteiger partial charge in [0.1, 0.15) is 7.28 Å². The molecule has 1 atom stereocenters. The van der Waals surface area contributed by atoms with Crippen LogP contribution in [-0.2, 0) is 0 Å². The molecule has 0 aromatic heterocycles. The quantitative estimate of drug-likeness (QED) is 0.537. The van der Waals surface area contributed by atoms with Crippen molar-refractivity contribution in [1.82, 2.24) is 0 Å². The van der Waals surface area contributed by atoms with E-state index in [0.29, 0.717) is 0 Å². The standard InChI is InChI=1S/C14H26B/c1-2-4-6-9-13(10-7-5-3-1)14-11-8-12-15-14/h13-14H,1-12H2. The van der Waals surface area contributed by atoms with Crippen LogP contribution in [0.1, 0.15) is 70.6 Å². The van der Waals surface area contributed by atoms with Gasteiger partial charge in [0.2, 0.25) is 0 Å². The van der Waals surface area contributed by atoms with E-state index in [1.54, 1.807) is 0 Å². The molecule has 0 spiro atoms. The molecule has 1 aliphatic carbocycles. The molecule has 0 amide bonds. The molecular weight excluding hydrogens is 179 g/mol. The molecule has 1 unspecified atom stereocenters. The van der Waals surface area contributed by atoms with E-state index in [9.17, 15) is 0 Å². The summed E-state index contributed by atoms with van der Waals surface area (Å²) < 4.78 is 0. The normalized spacial score (nSPS) is 31.1. The van der Waals surface area contributed by atoms with Crippen molar-refractivity contribution in [2.75, 3.05) is 0 Å². The van der Waals surface area contributed by atoms with E-state index in [-0.39, 0.29) is 0 Å². The minimum atomic E-state index is 1.00. The van der Waals surface area contributed by atoms with E-state index < -0.39 is 0 Å². The Morgan fingerprint density at radius 2 is 1.20 bits per heavy atom. The lowest BCUT2D eigenvalue weighted by Crippen LogP contribution is -2.12. The fraction of sp³-hybridized carbons (Fsp3) is 1.00. The van der Waals surface area contributed by atoms with Crippen LogP contribution in [0.15, 0.2) is 0 Å². The van der Waals surface area contributed by atoms with Gasteiger partial charge in [-0.3, -0.25) is 0 Å². The van der Waals surface area contributed by atoms with Gasteiger partial charge in [-0.25, -0.2) is 0 Å². The lowest BCUT2D eigenvalue weighted by Gasteiger charge is -2.24. The molecule has 85 valence electrons. The summed E-state index contributed by atoms with van der Waals surface area (Å²) in [7, 11) is 2.64. The summed E-state index contributed by atoms with van der Waals surface area (Å²) >= 11 is 0. The van der Waals surface area contributed by atoms with Crippen molar-refractivity contribution in [3.05, 3.63) is 0 Å². The molecule has 0 aromatic rings. The molecule has 15 heavy (non-hydrogen) atoms. The molecule has 2 rings (SSSR count). The molecule has 1 heteroatoms. The Hall–Kier alpha value is 0.0649. The first-order valence-electron chi connectivity index (χ1n) is 7.30. The highest BCUT2D eigenvalue weighted by Gasteiger charge is 2.24. The van der Waals surface area contributed by atoms with Gasteiger partial charge < -0.3 is 0 Å². The average molecular weight is 205 g/mol. The van der Waals surface area contributed by atoms with Crippen LogP contribution in [0.5, 0.6) is 0 Å². The first kappa shape index (κ1) is 11.5. The Kier molecular flexibility index (Phi) is 5.08. The van der Waals surface area contributed by atoms with Crippen LogP contribution >= 0.6 is 0 Å². The van der Waals surface area contributed by atoms with Crippen LogP contribution in [0, 0.1) is 5.92 Å². The highest BCUT2D eigenvalue weighted by molar-refractivity contribution is 6.38. The van der Waals surface area contributed by atoms with Crippen molar-refractivity contribution in [3.63, 3.8) is 0 Å². The molecule has 1 radical (unpaired) electrons. The zero-order valence-corrected chi connectivity index (χ0v) is 10.2. The predicted molar refractivity (Wildman–Crippen MR) is 68.6 cm³/mol. The van der Waals surface area contributed by atoms with Crippen molar-refractivity contribution in [3.8, 4) is 0 Å². The Morgan fingerprint density at radius 1 is 0.600 bits per heavy atom. The van der Waals surface area contributed by atoms with E-state index in [0.717, 1.165) is 11.7 Å². The molecule has 1 saturated carbocycles. The van der Waals surface area contributed by atoms with E-state index in [1.165, 1.54) is 76.9 Å².